The third kappa shape index (κ3) is 4.72. The van der Waals surface area contributed by atoms with E-state index >= 15 is 0 Å². The molecule has 1 fully saturated rings. The summed E-state index contributed by atoms with van der Waals surface area (Å²) in [7, 11) is -4.07. The number of esters is 1. The van der Waals surface area contributed by atoms with Crippen LogP contribution in [0.2, 0.25) is 0 Å². The number of aromatic amines is 1. The number of hydrogen-bond donors (Lipinski definition) is 2. The van der Waals surface area contributed by atoms with E-state index in [9.17, 15) is 18.0 Å². The Morgan fingerprint density at radius 3 is 2.68 bits per heavy atom. The van der Waals surface area contributed by atoms with Gasteiger partial charge in [0.05, 0.1) is 12.5 Å². The molecule has 1 saturated heterocycles. The number of ether oxygens (including phenoxy) is 1. The zero-order valence-corrected chi connectivity index (χ0v) is 17.8. The maximum absolute atomic E-state index is 13.3. The minimum Gasteiger partial charge on any atom is -0.462 e. The van der Waals surface area contributed by atoms with Crippen LogP contribution in [-0.2, 0) is 19.6 Å². The Kier molecular flexibility index (Phi) is 7.59. The summed E-state index contributed by atoms with van der Waals surface area (Å²) >= 11 is 0. The predicted octanol–water partition coefficient (Wildman–Crippen LogP) is 1.60. The fourth-order valence-corrected chi connectivity index (χ4v) is 5.14. The molecule has 28 heavy (non-hydrogen) atoms. The topological polar surface area (TPSA) is 121 Å². The van der Waals surface area contributed by atoms with Crippen molar-refractivity contribution in [1.82, 2.24) is 19.8 Å². The first-order chi connectivity index (χ1) is 13.2. The summed E-state index contributed by atoms with van der Waals surface area (Å²) in [6, 6.07) is -0.295. The number of sulfonamides is 1. The Balaban J connectivity index is 2.27. The largest absolute Gasteiger partial charge is 0.462 e. The van der Waals surface area contributed by atoms with Crippen LogP contribution in [0.25, 0.3) is 0 Å². The van der Waals surface area contributed by atoms with Gasteiger partial charge in [-0.3, -0.25) is 9.89 Å². The number of unbranched alkanes of at least 4 members (excludes halogenated alkanes) is 1. The number of aryl methyl sites for hydroxylation is 1. The number of amides is 1. The van der Waals surface area contributed by atoms with Gasteiger partial charge < -0.3 is 10.1 Å². The average molecular weight is 415 g/mol. The van der Waals surface area contributed by atoms with E-state index in [1.54, 1.807) is 20.8 Å². The van der Waals surface area contributed by atoms with Crippen molar-refractivity contribution in [2.45, 2.75) is 64.4 Å². The second-order valence-electron chi connectivity index (χ2n) is 7.09. The zero-order chi connectivity index (χ0) is 20.9. The van der Waals surface area contributed by atoms with Gasteiger partial charge in [-0.2, -0.15) is 9.40 Å². The predicted molar refractivity (Wildman–Crippen MR) is 103 cm³/mol. The Hall–Kier alpha value is -1.94. The molecule has 0 radical (unpaired) electrons. The first-order valence-corrected chi connectivity index (χ1v) is 11.2. The van der Waals surface area contributed by atoms with Crippen molar-refractivity contribution in [2.24, 2.45) is 5.92 Å². The van der Waals surface area contributed by atoms with Gasteiger partial charge in [-0.15, -0.1) is 0 Å². The van der Waals surface area contributed by atoms with Gasteiger partial charge in [0.1, 0.15) is 5.56 Å². The van der Waals surface area contributed by atoms with Crippen molar-refractivity contribution in [3.05, 3.63) is 11.3 Å². The fourth-order valence-electron chi connectivity index (χ4n) is 3.30. The molecule has 1 aromatic heterocycles. The third-order valence-electron chi connectivity index (χ3n) is 4.97. The van der Waals surface area contributed by atoms with Crippen molar-refractivity contribution in [3.63, 3.8) is 0 Å². The van der Waals surface area contributed by atoms with Crippen LogP contribution in [0.3, 0.4) is 0 Å². The summed E-state index contributed by atoms with van der Waals surface area (Å²) in [6.45, 7) is 7.83. The smallest absolute Gasteiger partial charge is 0.343 e. The van der Waals surface area contributed by atoms with Crippen LogP contribution < -0.4 is 5.32 Å². The highest BCUT2D eigenvalue weighted by atomic mass is 32.2. The number of carbonyl (C=O) groups is 2. The molecule has 0 bridgehead atoms. The zero-order valence-electron chi connectivity index (χ0n) is 16.9. The highest BCUT2D eigenvalue weighted by Crippen LogP contribution is 2.30. The highest BCUT2D eigenvalue weighted by molar-refractivity contribution is 7.89. The molecule has 2 rings (SSSR count). The van der Waals surface area contributed by atoms with Gasteiger partial charge in [-0.05, 0) is 40.0 Å². The molecular formula is C18H30N4O5S. The van der Waals surface area contributed by atoms with Gasteiger partial charge in [0.15, 0.2) is 0 Å². The number of rotatable bonds is 8. The van der Waals surface area contributed by atoms with Crippen LogP contribution in [-0.4, -0.2) is 60.5 Å². The summed E-state index contributed by atoms with van der Waals surface area (Å²) < 4.78 is 32.8. The summed E-state index contributed by atoms with van der Waals surface area (Å²) in [5.74, 6) is -1.29. The second-order valence-corrected chi connectivity index (χ2v) is 8.90. The number of hydrogen-bond acceptors (Lipinski definition) is 6. The van der Waals surface area contributed by atoms with Gasteiger partial charge in [0, 0.05) is 24.8 Å². The van der Waals surface area contributed by atoms with E-state index in [0.717, 1.165) is 12.8 Å². The van der Waals surface area contributed by atoms with Crippen molar-refractivity contribution >= 4 is 21.9 Å². The summed E-state index contributed by atoms with van der Waals surface area (Å²) in [4.78, 5) is 24.7. The number of nitrogens with one attached hydrogen (secondary N) is 2. The Labute approximate surface area is 166 Å². The van der Waals surface area contributed by atoms with E-state index in [1.165, 1.54) is 4.31 Å². The summed E-state index contributed by atoms with van der Waals surface area (Å²) in [6.07, 6.45) is 3.03. The lowest BCUT2D eigenvalue weighted by Gasteiger charge is -2.35. The SMILES string of the molecule is CCCCNC(=O)[C@@H]1CC[C@H](C)N(S(=O)(=O)c2n[nH]c(C)c2C(=O)OCC)C1. The van der Waals surface area contributed by atoms with Crippen molar-refractivity contribution < 1.29 is 22.7 Å². The van der Waals surface area contributed by atoms with Gasteiger partial charge in [-0.25, -0.2) is 13.2 Å². The third-order valence-corrected chi connectivity index (χ3v) is 6.88. The van der Waals surface area contributed by atoms with E-state index < -0.39 is 21.9 Å². The molecule has 9 nitrogen and oxygen atoms in total. The first kappa shape index (κ1) is 22.4. The van der Waals surface area contributed by atoms with Crippen LogP contribution in [0.1, 0.15) is 62.5 Å². The van der Waals surface area contributed by atoms with Crippen LogP contribution in [0.5, 0.6) is 0 Å². The first-order valence-electron chi connectivity index (χ1n) is 9.75. The lowest BCUT2D eigenvalue weighted by atomic mass is 9.94. The average Bonchev–Trinajstić information content (AvgIpc) is 3.04. The van der Waals surface area contributed by atoms with E-state index in [-0.39, 0.29) is 35.7 Å². The Bertz CT molecular complexity index is 805. The van der Waals surface area contributed by atoms with Gasteiger partial charge in [0.2, 0.25) is 10.9 Å². The van der Waals surface area contributed by atoms with Crippen LogP contribution in [0.15, 0.2) is 5.03 Å². The van der Waals surface area contributed by atoms with E-state index in [1.807, 2.05) is 6.92 Å². The highest BCUT2D eigenvalue weighted by Gasteiger charge is 2.41. The molecule has 2 N–H and O–H groups in total. The number of nitrogens with zero attached hydrogens (tertiary/aromatic N) is 2. The number of piperidine rings is 1. The molecule has 2 atom stereocenters. The Morgan fingerprint density at radius 1 is 1.32 bits per heavy atom. The molecule has 2 heterocycles. The number of carbonyl (C=O) groups excluding carboxylic acids is 2. The molecule has 0 aromatic carbocycles. The molecule has 10 heteroatoms. The molecule has 158 valence electrons. The molecular weight excluding hydrogens is 384 g/mol. The van der Waals surface area contributed by atoms with Crippen LogP contribution >= 0.6 is 0 Å². The maximum Gasteiger partial charge on any atom is 0.343 e. The Morgan fingerprint density at radius 2 is 2.04 bits per heavy atom. The quantitative estimate of drug-likeness (QED) is 0.492. The van der Waals surface area contributed by atoms with E-state index in [2.05, 4.69) is 15.5 Å². The number of H-pyrrole nitrogens is 1. The molecule has 0 unspecified atom stereocenters. The van der Waals surface area contributed by atoms with Crippen molar-refractivity contribution in [1.29, 1.82) is 0 Å². The standard InChI is InChI=1S/C18H30N4O5S/c1-5-7-10-19-16(23)14-9-8-12(3)22(11-14)28(25,26)17-15(13(4)20-21-17)18(24)27-6-2/h12,14H,5-11H2,1-4H3,(H,19,23)(H,20,21)/t12-,14+/m0/s1. The maximum atomic E-state index is 13.3. The molecule has 0 spiro atoms. The lowest BCUT2D eigenvalue weighted by molar-refractivity contribution is -0.126. The minimum atomic E-state index is -4.07. The second kappa shape index (κ2) is 9.51. The molecule has 1 aromatic rings. The van der Waals surface area contributed by atoms with Crippen LogP contribution in [0.4, 0.5) is 0 Å². The molecule has 1 amide bonds. The van der Waals surface area contributed by atoms with Gasteiger partial charge in [-0.1, -0.05) is 13.3 Å². The van der Waals surface area contributed by atoms with Crippen molar-refractivity contribution in [3.8, 4) is 0 Å². The van der Waals surface area contributed by atoms with Gasteiger partial charge in [0.25, 0.3) is 10.0 Å². The van der Waals surface area contributed by atoms with Crippen molar-refractivity contribution in [2.75, 3.05) is 19.7 Å². The monoisotopic (exact) mass is 414 g/mol. The van der Waals surface area contributed by atoms with Crippen LogP contribution in [0, 0.1) is 12.8 Å². The summed E-state index contributed by atoms with van der Waals surface area (Å²) in [5.41, 5.74) is 0.249. The summed E-state index contributed by atoms with van der Waals surface area (Å²) in [5, 5.41) is 8.97. The molecule has 0 saturated carbocycles. The molecule has 0 aliphatic carbocycles. The minimum absolute atomic E-state index is 0.0651. The lowest BCUT2D eigenvalue weighted by Crippen LogP contribution is -2.49. The number of aromatic nitrogens is 2. The normalized spacial score (nSPS) is 20.7. The fraction of sp³-hybridized carbons (Fsp3) is 0.722. The molecule has 1 aliphatic heterocycles. The molecule has 1 aliphatic rings. The van der Waals surface area contributed by atoms with E-state index in [4.69, 9.17) is 4.74 Å². The van der Waals surface area contributed by atoms with E-state index in [0.29, 0.717) is 25.1 Å². The van der Waals surface area contributed by atoms with Gasteiger partial charge >= 0.3 is 5.97 Å².